The Hall–Kier alpha value is -2.28. The van der Waals surface area contributed by atoms with Gasteiger partial charge in [-0.25, -0.2) is 0 Å². The molecule has 0 aromatic carbocycles. The van der Waals surface area contributed by atoms with Gasteiger partial charge in [-0.15, -0.1) is 0 Å². The Morgan fingerprint density at radius 1 is 0.218 bits per heavy atom. The molecular weight excluding hydrogens is 969 g/mol. The Kier molecular flexibility index (Phi) is 62.0. The third-order valence-corrected chi connectivity index (χ3v) is 15.7. The first-order valence-corrected chi connectivity index (χ1v) is 34.3. The Morgan fingerprint density at radius 3 is 0.590 bits per heavy atom. The summed E-state index contributed by atoms with van der Waals surface area (Å²) in [5.41, 5.74) is 0. The highest BCUT2D eigenvalue weighted by Gasteiger charge is 2.13. The number of carbonyl (C=O) groups is 4. The molecule has 0 radical (unpaired) electrons. The van der Waals surface area contributed by atoms with Crippen LogP contribution in [0.15, 0.2) is 0 Å². The van der Waals surface area contributed by atoms with E-state index in [-0.39, 0.29) is 23.6 Å². The molecule has 0 saturated carbocycles. The van der Waals surface area contributed by atoms with E-state index in [0.717, 1.165) is 91.1 Å². The maximum absolute atomic E-state index is 12.9. The van der Waals surface area contributed by atoms with Crippen LogP contribution in [0.2, 0.25) is 0 Å². The molecule has 0 unspecified atom stereocenters. The van der Waals surface area contributed by atoms with Gasteiger partial charge >= 0.3 is 0 Å². The minimum Gasteiger partial charge on any atom is -0.356 e. The number of carbonyl (C=O) groups excluding carboxylic acids is 4. The van der Waals surface area contributed by atoms with Gasteiger partial charge in [-0.05, 0) is 25.7 Å². The maximum atomic E-state index is 12.9. The lowest BCUT2D eigenvalue weighted by Gasteiger charge is -2.23. The van der Waals surface area contributed by atoms with Gasteiger partial charge in [0.05, 0.1) is 0 Å². The summed E-state index contributed by atoms with van der Waals surface area (Å²) < 4.78 is 0. The van der Waals surface area contributed by atoms with Crippen molar-refractivity contribution in [2.75, 3.05) is 91.6 Å². The lowest BCUT2D eigenvalue weighted by molar-refractivity contribution is -0.123. The standard InChI is InChI=1S/C66H134N8O4/c1-5-9-13-17-21-25-29-33-37-41-49-69-63(75)45-57-73(58-46-64(76)70-50-42-38-34-30-26-22-18-14-10-6-2)61-55-67-53-54-68-56-62-74(59-47-65(77)71-51-43-39-35-31-27-23-19-15-11-7-3)60-48-66(78)72-52-44-40-36-32-28-24-20-16-12-8-4/h67-68H,5-62H2,1-4H3,(H,69,75)(H,70,76)(H,71,77)(H,72,78). The molecule has 0 saturated heterocycles. The van der Waals surface area contributed by atoms with Crippen LogP contribution < -0.4 is 31.9 Å². The average molecular weight is 1100 g/mol. The minimum absolute atomic E-state index is 0.0995. The smallest absolute Gasteiger partial charge is 0.221 e. The fraction of sp³-hybridized carbons (Fsp3) is 0.939. The van der Waals surface area contributed by atoms with Crippen molar-refractivity contribution < 1.29 is 19.2 Å². The molecule has 0 rings (SSSR count). The molecule has 462 valence electrons. The van der Waals surface area contributed by atoms with E-state index in [4.69, 9.17) is 0 Å². The van der Waals surface area contributed by atoms with E-state index in [1.807, 2.05) is 0 Å². The van der Waals surface area contributed by atoms with Crippen LogP contribution in [0.1, 0.15) is 310 Å². The van der Waals surface area contributed by atoms with E-state index in [2.05, 4.69) is 69.4 Å². The molecule has 0 aromatic rings. The number of hydrogen-bond donors (Lipinski definition) is 6. The van der Waals surface area contributed by atoms with Crippen LogP contribution in [0.25, 0.3) is 0 Å². The monoisotopic (exact) mass is 1100 g/mol. The molecule has 0 bridgehead atoms. The highest BCUT2D eigenvalue weighted by atomic mass is 16.2. The first-order chi connectivity index (χ1) is 38.4. The van der Waals surface area contributed by atoms with Crippen LogP contribution in [0.3, 0.4) is 0 Å². The SMILES string of the molecule is CCCCCCCCCCCCNC(=O)CCN(CCNCCNCCN(CCC(=O)NCCCCCCCCCCCC)CCC(=O)NCCCCCCCCCCCC)CCC(=O)NCCCCCCCCCCCC. The molecule has 0 spiro atoms. The summed E-state index contributed by atoms with van der Waals surface area (Å²) in [6.45, 7) is 19.3. The van der Waals surface area contributed by atoms with Crippen LogP contribution in [0.4, 0.5) is 0 Å². The first kappa shape index (κ1) is 75.7. The summed E-state index contributed by atoms with van der Waals surface area (Å²) in [5, 5.41) is 19.8. The topological polar surface area (TPSA) is 147 Å². The Labute approximate surface area is 484 Å². The summed E-state index contributed by atoms with van der Waals surface area (Å²) in [5.74, 6) is 0.398. The van der Waals surface area contributed by atoms with E-state index in [1.165, 1.54) is 231 Å². The van der Waals surface area contributed by atoms with E-state index in [1.54, 1.807) is 0 Å². The molecule has 4 amide bonds. The van der Waals surface area contributed by atoms with Crippen molar-refractivity contribution >= 4 is 23.6 Å². The highest BCUT2D eigenvalue weighted by Crippen LogP contribution is 2.14. The average Bonchev–Trinajstić information content (AvgIpc) is 3.44. The molecule has 12 nitrogen and oxygen atoms in total. The molecule has 0 aromatic heterocycles. The van der Waals surface area contributed by atoms with Crippen molar-refractivity contribution in [3.05, 3.63) is 0 Å². The third-order valence-electron chi connectivity index (χ3n) is 15.7. The summed E-state index contributed by atoms with van der Waals surface area (Å²) in [4.78, 5) is 56.1. The zero-order valence-electron chi connectivity index (χ0n) is 52.5. The summed E-state index contributed by atoms with van der Waals surface area (Å²) in [6, 6.07) is 0. The highest BCUT2D eigenvalue weighted by molar-refractivity contribution is 5.77. The van der Waals surface area contributed by atoms with Gasteiger partial charge in [0.15, 0.2) is 0 Å². The molecular formula is C66H134N8O4. The van der Waals surface area contributed by atoms with Gasteiger partial charge in [-0.2, -0.15) is 0 Å². The predicted octanol–water partition coefficient (Wildman–Crippen LogP) is 14.5. The summed E-state index contributed by atoms with van der Waals surface area (Å²) in [7, 11) is 0. The second kappa shape index (κ2) is 63.9. The normalized spacial score (nSPS) is 11.5. The van der Waals surface area contributed by atoms with Crippen LogP contribution >= 0.6 is 0 Å². The molecule has 0 heterocycles. The maximum Gasteiger partial charge on any atom is 0.221 e. The van der Waals surface area contributed by atoms with Crippen molar-refractivity contribution in [3.8, 4) is 0 Å². The lowest BCUT2D eigenvalue weighted by Crippen LogP contribution is -2.40. The summed E-state index contributed by atoms with van der Waals surface area (Å²) in [6.07, 6.45) is 53.1. The molecule has 12 heteroatoms. The first-order valence-electron chi connectivity index (χ1n) is 34.3. The van der Waals surface area contributed by atoms with Gasteiger partial charge in [0, 0.05) is 117 Å². The van der Waals surface area contributed by atoms with Crippen LogP contribution in [0, 0.1) is 0 Å². The Balaban J connectivity index is 4.88. The molecule has 6 N–H and O–H groups in total. The number of amides is 4. The van der Waals surface area contributed by atoms with Gasteiger partial charge in [0.25, 0.3) is 0 Å². The number of unbranched alkanes of at least 4 members (excludes halogenated alkanes) is 36. The quantitative estimate of drug-likeness (QED) is 0.0330. The van der Waals surface area contributed by atoms with Crippen molar-refractivity contribution in [3.63, 3.8) is 0 Å². The largest absolute Gasteiger partial charge is 0.356 e. The number of nitrogens with one attached hydrogen (secondary N) is 6. The molecule has 0 aliphatic rings. The second-order valence-corrected chi connectivity index (χ2v) is 23.3. The van der Waals surface area contributed by atoms with E-state index >= 15 is 0 Å². The Morgan fingerprint density at radius 2 is 0.397 bits per heavy atom. The molecule has 0 aliphatic heterocycles. The molecule has 78 heavy (non-hydrogen) atoms. The lowest BCUT2D eigenvalue weighted by atomic mass is 10.1. The number of hydrogen-bond acceptors (Lipinski definition) is 8. The zero-order chi connectivity index (χ0) is 56.7. The third kappa shape index (κ3) is 59.8. The van der Waals surface area contributed by atoms with Crippen molar-refractivity contribution in [1.82, 2.24) is 41.7 Å². The fourth-order valence-corrected chi connectivity index (χ4v) is 10.3. The Bertz CT molecular complexity index is 1100. The second-order valence-electron chi connectivity index (χ2n) is 23.3. The fourth-order valence-electron chi connectivity index (χ4n) is 10.3. The predicted molar refractivity (Wildman–Crippen MR) is 337 cm³/mol. The van der Waals surface area contributed by atoms with Gasteiger partial charge in [-0.1, -0.05) is 259 Å². The van der Waals surface area contributed by atoms with Crippen molar-refractivity contribution in [2.45, 2.75) is 310 Å². The van der Waals surface area contributed by atoms with Gasteiger partial charge in [0.1, 0.15) is 0 Å². The zero-order valence-corrected chi connectivity index (χ0v) is 52.5. The van der Waals surface area contributed by atoms with Crippen LogP contribution in [-0.4, -0.2) is 125 Å². The van der Waals surface area contributed by atoms with Crippen LogP contribution in [-0.2, 0) is 19.2 Å². The molecule has 0 atom stereocenters. The molecule has 0 aliphatic carbocycles. The van der Waals surface area contributed by atoms with Gasteiger partial charge in [0.2, 0.25) is 23.6 Å². The van der Waals surface area contributed by atoms with E-state index in [0.29, 0.717) is 51.9 Å². The number of rotatable bonds is 65. The van der Waals surface area contributed by atoms with Gasteiger partial charge in [-0.3, -0.25) is 19.2 Å². The summed E-state index contributed by atoms with van der Waals surface area (Å²) >= 11 is 0. The number of nitrogens with zero attached hydrogens (tertiary/aromatic N) is 2. The van der Waals surface area contributed by atoms with Crippen LogP contribution in [0.5, 0.6) is 0 Å². The van der Waals surface area contributed by atoms with Gasteiger partial charge < -0.3 is 41.7 Å². The van der Waals surface area contributed by atoms with E-state index in [9.17, 15) is 19.2 Å². The van der Waals surface area contributed by atoms with Crippen molar-refractivity contribution in [1.29, 1.82) is 0 Å². The van der Waals surface area contributed by atoms with E-state index < -0.39 is 0 Å². The van der Waals surface area contributed by atoms with Crippen molar-refractivity contribution in [2.24, 2.45) is 0 Å². The molecule has 0 fully saturated rings. The minimum atomic E-state index is 0.0995.